The van der Waals surface area contributed by atoms with Gasteiger partial charge < -0.3 is 4.90 Å². The van der Waals surface area contributed by atoms with Crippen molar-refractivity contribution in [2.45, 2.75) is 25.6 Å². The fraction of sp³-hybridized carbons (Fsp3) is 0.500. The van der Waals surface area contributed by atoms with E-state index < -0.39 is 9.84 Å². The first kappa shape index (κ1) is 13.6. The summed E-state index contributed by atoms with van der Waals surface area (Å²) in [5.74, 6) is 0.253. The van der Waals surface area contributed by atoms with Crippen LogP contribution < -0.4 is 5.32 Å². The summed E-state index contributed by atoms with van der Waals surface area (Å²) in [5.41, 5.74) is 2.14. The Morgan fingerprint density at radius 2 is 2.15 bits per heavy atom. The molecule has 1 N–H and O–H groups in total. The van der Waals surface area contributed by atoms with Crippen molar-refractivity contribution in [1.29, 1.82) is 0 Å². The molecule has 20 heavy (non-hydrogen) atoms. The fourth-order valence-corrected chi connectivity index (χ4v) is 4.76. The summed E-state index contributed by atoms with van der Waals surface area (Å²) < 4.78 is 23.3. The Morgan fingerprint density at radius 3 is 2.80 bits per heavy atom. The van der Waals surface area contributed by atoms with E-state index >= 15 is 0 Å². The highest BCUT2D eigenvalue weighted by Crippen LogP contribution is 2.29. The number of sulfone groups is 1. The van der Waals surface area contributed by atoms with Gasteiger partial charge in [-0.1, -0.05) is 29.8 Å². The summed E-state index contributed by atoms with van der Waals surface area (Å²) in [6.07, 6.45) is 0.332. The Hall–Kier alpha value is -1.40. The number of nitrogens with zero attached hydrogens (tertiary/aromatic N) is 1. The zero-order valence-electron chi connectivity index (χ0n) is 11.4. The van der Waals surface area contributed by atoms with Gasteiger partial charge in [0.15, 0.2) is 9.84 Å². The Morgan fingerprint density at radius 1 is 1.35 bits per heavy atom. The minimum absolute atomic E-state index is 0.0152. The third kappa shape index (κ3) is 2.45. The smallest absolute Gasteiger partial charge is 0.238 e. The summed E-state index contributed by atoms with van der Waals surface area (Å²) >= 11 is 0. The monoisotopic (exact) mass is 294 g/mol. The molecular weight excluding hydrogens is 276 g/mol. The number of hydrogen-bond donors (Lipinski definition) is 1. The van der Waals surface area contributed by atoms with E-state index in [0.717, 1.165) is 11.1 Å². The molecule has 2 atom stereocenters. The SMILES string of the molecule is Cc1cccc(C2NCC(=O)N2C2CCS(=O)(=O)C2)c1. The van der Waals surface area contributed by atoms with Crippen molar-refractivity contribution < 1.29 is 13.2 Å². The highest BCUT2D eigenvalue weighted by Gasteiger charge is 2.41. The third-order valence-electron chi connectivity index (χ3n) is 3.97. The van der Waals surface area contributed by atoms with Crippen LogP contribution in [-0.4, -0.2) is 43.3 Å². The largest absolute Gasteiger partial charge is 0.318 e. The molecule has 2 fully saturated rings. The number of carbonyl (C=O) groups excluding carboxylic acids is 1. The van der Waals surface area contributed by atoms with Crippen molar-refractivity contribution in [2.75, 3.05) is 18.1 Å². The predicted molar refractivity (Wildman–Crippen MR) is 75.8 cm³/mol. The lowest BCUT2D eigenvalue weighted by Crippen LogP contribution is -2.40. The van der Waals surface area contributed by atoms with E-state index in [2.05, 4.69) is 5.32 Å². The van der Waals surface area contributed by atoms with Gasteiger partial charge in [0.2, 0.25) is 5.91 Å². The number of amides is 1. The van der Waals surface area contributed by atoms with Crippen molar-refractivity contribution in [3.05, 3.63) is 35.4 Å². The Labute approximate surface area is 118 Å². The van der Waals surface area contributed by atoms with Gasteiger partial charge in [0.25, 0.3) is 0 Å². The molecule has 2 saturated heterocycles. The van der Waals surface area contributed by atoms with Crippen molar-refractivity contribution in [3.8, 4) is 0 Å². The van der Waals surface area contributed by atoms with Crippen LogP contribution in [0.5, 0.6) is 0 Å². The molecule has 0 radical (unpaired) electrons. The lowest BCUT2D eigenvalue weighted by atomic mass is 10.1. The van der Waals surface area contributed by atoms with Crippen LogP contribution in [0, 0.1) is 6.92 Å². The molecule has 0 spiro atoms. The van der Waals surface area contributed by atoms with Gasteiger partial charge in [0, 0.05) is 6.04 Å². The fourth-order valence-electron chi connectivity index (χ4n) is 3.05. The molecule has 1 amide bonds. The number of hydrogen-bond acceptors (Lipinski definition) is 4. The Balaban J connectivity index is 1.90. The van der Waals surface area contributed by atoms with Gasteiger partial charge in [-0.2, -0.15) is 0 Å². The average molecular weight is 294 g/mol. The number of nitrogens with one attached hydrogen (secondary N) is 1. The van der Waals surface area contributed by atoms with E-state index in [-0.39, 0.29) is 36.2 Å². The second kappa shape index (κ2) is 4.86. The standard InChI is InChI=1S/C14H18N2O3S/c1-10-3-2-4-11(7-10)14-15-8-13(17)16(14)12-5-6-20(18,19)9-12/h2-4,7,12,14-15H,5-6,8-9H2,1H3. The lowest BCUT2D eigenvalue weighted by molar-refractivity contribution is -0.129. The van der Waals surface area contributed by atoms with E-state index in [1.165, 1.54) is 0 Å². The molecule has 1 aromatic carbocycles. The maximum absolute atomic E-state index is 12.1. The molecule has 0 aliphatic carbocycles. The minimum atomic E-state index is -2.99. The van der Waals surface area contributed by atoms with E-state index in [4.69, 9.17) is 0 Å². The van der Waals surface area contributed by atoms with Gasteiger partial charge in [-0.15, -0.1) is 0 Å². The van der Waals surface area contributed by atoms with Gasteiger partial charge in [-0.05, 0) is 18.9 Å². The van der Waals surface area contributed by atoms with E-state index in [1.807, 2.05) is 31.2 Å². The van der Waals surface area contributed by atoms with Crippen molar-refractivity contribution in [3.63, 3.8) is 0 Å². The minimum Gasteiger partial charge on any atom is -0.318 e. The second-order valence-electron chi connectivity index (χ2n) is 5.56. The van der Waals surface area contributed by atoms with Gasteiger partial charge in [-0.25, -0.2) is 8.42 Å². The molecule has 5 nitrogen and oxygen atoms in total. The van der Waals surface area contributed by atoms with E-state index in [1.54, 1.807) is 4.90 Å². The first-order valence-electron chi connectivity index (χ1n) is 6.78. The second-order valence-corrected chi connectivity index (χ2v) is 7.78. The molecule has 3 rings (SSSR count). The van der Waals surface area contributed by atoms with Crippen LogP contribution >= 0.6 is 0 Å². The molecule has 0 aromatic heterocycles. The van der Waals surface area contributed by atoms with Crippen LogP contribution in [0.2, 0.25) is 0 Å². The Bertz CT molecular complexity index is 642. The molecular formula is C14H18N2O3S. The molecule has 0 saturated carbocycles. The quantitative estimate of drug-likeness (QED) is 0.868. The molecule has 2 heterocycles. The van der Waals surface area contributed by atoms with E-state index in [0.29, 0.717) is 6.42 Å². The maximum Gasteiger partial charge on any atom is 0.238 e. The molecule has 2 aliphatic rings. The van der Waals surface area contributed by atoms with Crippen LogP contribution in [0.1, 0.15) is 23.7 Å². The first-order chi connectivity index (χ1) is 9.46. The average Bonchev–Trinajstić information content (AvgIpc) is 2.92. The molecule has 1 aromatic rings. The van der Waals surface area contributed by atoms with Gasteiger partial charge in [0.1, 0.15) is 6.17 Å². The highest BCUT2D eigenvalue weighted by atomic mass is 32.2. The molecule has 0 bridgehead atoms. The summed E-state index contributed by atoms with van der Waals surface area (Å²) in [5, 5.41) is 3.19. The number of carbonyl (C=O) groups is 1. The summed E-state index contributed by atoms with van der Waals surface area (Å²) in [6, 6.07) is 7.77. The van der Waals surface area contributed by atoms with Gasteiger partial charge in [0.05, 0.1) is 18.1 Å². The van der Waals surface area contributed by atoms with Crippen LogP contribution in [0.3, 0.4) is 0 Å². The lowest BCUT2D eigenvalue weighted by Gasteiger charge is -2.29. The van der Waals surface area contributed by atoms with Crippen LogP contribution in [0.15, 0.2) is 24.3 Å². The molecule has 6 heteroatoms. The summed E-state index contributed by atoms with van der Waals surface area (Å²) in [6.45, 7) is 2.28. The normalized spacial score (nSPS) is 29.1. The number of aryl methyl sites for hydroxylation is 1. The maximum atomic E-state index is 12.1. The zero-order valence-corrected chi connectivity index (χ0v) is 12.2. The van der Waals surface area contributed by atoms with Crippen molar-refractivity contribution in [1.82, 2.24) is 10.2 Å². The molecule has 108 valence electrons. The van der Waals surface area contributed by atoms with Crippen LogP contribution in [0.4, 0.5) is 0 Å². The third-order valence-corrected chi connectivity index (χ3v) is 5.72. The predicted octanol–water partition coefficient (Wildman–Crippen LogP) is 0.613. The molecule has 2 aliphatic heterocycles. The summed E-state index contributed by atoms with van der Waals surface area (Å²) in [7, 11) is -2.99. The van der Waals surface area contributed by atoms with Gasteiger partial charge in [-0.3, -0.25) is 10.1 Å². The topological polar surface area (TPSA) is 66.5 Å². The number of benzene rings is 1. The van der Waals surface area contributed by atoms with Crippen molar-refractivity contribution >= 4 is 15.7 Å². The van der Waals surface area contributed by atoms with Crippen LogP contribution in [-0.2, 0) is 14.6 Å². The molecule has 2 unspecified atom stereocenters. The van der Waals surface area contributed by atoms with Gasteiger partial charge >= 0.3 is 0 Å². The Kier molecular flexibility index (Phi) is 3.30. The summed E-state index contributed by atoms with van der Waals surface area (Å²) in [4.78, 5) is 13.8. The van der Waals surface area contributed by atoms with Crippen LogP contribution in [0.25, 0.3) is 0 Å². The number of rotatable bonds is 2. The van der Waals surface area contributed by atoms with Crippen molar-refractivity contribution in [2.24, 2.45) is 0 Å². The van der Waals surface area contributed by atoms with E-state index in [9.17, 15) is 13.2 Å². The first-order valence-corrected chi connectivity index (χ1v) is 8.60. The zero-order chi connectivity index (χ0) is 14.3. The highest BCUT2D eigenvalue weighted by molar-refractivity contribution is 7.91.